The molecule has 0 heteroatoms. The Hall–Kier alpha value is -6.24. The van der Waals surface area contributed by atoms with Crippen LogP contribution in [0.5, 0.6) is 0 Å². The molecular weight excluding hydrogens is 685 g/mol. The largest absolute Gasteiger partial charge is 0.0798 e. The van der Waals surface area contributed by atoms with Crippen LogP contribution in [0.3, 0.4) is 0 Å². The van der Waals surface area contributed by atoms with E-state index in [2.05, 4.69) is 217 Å². The first-order valence-corrected chi connectivity index (χ1v) is 20.6. The average Bonchev–Trinajstić information content (AvgIpc) is 3.26. The van der Waals surface area contributed by atoms with E-state index < -0.39 is 0 Å². The van der Waals surface area contributed by atoms with E-state index in [9.17, 15) is 0 Å². The Bertz CT molecular complexity index is 2970. The number of benzene rings is 9. The molecule has 0 fully saturated rings. The van der Waals surface area contributed by atoms with Crippen molar-refractivity contribution in [3.8, 4) is 22.3 Å². The van der Waals surface area contributed by atoms with Crippen LogP contribution in [0.2, 0.25) is 0 Å². The van der Waals surface area contributed by atoms with Gasteiger partial charge in [-0.1, -0.05) is 199 Å². The molecule has 0 heterocycles. The van der Waals surface area contributed by atoms with Crippen LogP contribution in [0, 0.1) is 5.41 Å². The lowest BCUT2D eigenvalue weighted by Gasteiger charge is -2.29. The highest BCUT2D eigenvalue weighted by atomic mass is 14.3. The second-order valence-electron chi connectivity index (χ2n) is 16.1. The van der Waals surface area contributed by atoms with E-state index in [0.29, 0.717) is 0 Å². The molecule has 280 valence electrons. The van der Waals surface area contributed by atoms with Gasteiger partial charge < -0.3 is 0 Å². The minimum Gasteiger partial charge on any atom is -0.0798 e. The Morgan fingerprint density at radius 2 is 0.947 bits per heavy atom. The maximum absolute atomic E-state index is 2.46. The smallest absolute Gasteiger partial charge is 0.00284 e. The van der Waals surface area contributed by atoms with Gasteiger partial charge in [-0.25, -0.2) is 0 Å². The minimum absolute atomic E-state index is 0.00690. The lowest BCUT2D eigenvalue weighted by molar-refractivity contribution is 0.470. The normalized spacial score (nSPS) is 13.0. The number of hydrogen-bond acceptors (Lipinski definition) is 0. The van der Waals surface area contributed by atoms with Gasteiger partial charge in [-0.2, -0.15) is 0 Å². The van der Waals surface area contributed by atoms with Crippen molar-refractivity contribution in [1.29, 1.82) is 0 Å². The second kappa shape index (κ2) is 15.7. The van der Waals surface area contributed by atoms with Crippen LogP contribution in [0.25, 0.3) is 81.7 Å². The van der Waals surface area contributed by atoms with Gasteiger partial charge >= 0.3 is 0 Å². The summed E-state index contributed by atoms with van der Waals surface area (Å²) in [5.74, 6) is 0.288. The van der Waals surface area contributed by atoms with Crippen LogP contribution >= 0.6 is 0 Å². The van der Waals surface area contributed by atoms with E-state index in [-0.39, 0.29) is 11.3 Å². The van der Waals surface area contributed by atoms with Gasteiger partial charge in [0.25, 0.3) is 0 Å². The lowest BCUT2D eigenvalue weighted by Crippen LogP contribution is -2.15. The summed E-state index contributed by atoms with van der Waals surface area (Å²) >= 11 is 0. The number of rotatable bonds is 6. The van der Waals surface area contributed by atoms with Crippen molar-refractivity contribution in [1.82, 2.24) is 0 Å². The third-order valence-electron chi connectivity index (χ3n) is 11.7. The zero-order valence-electron chi connectivity index (χ0n) is 34.4. The standard InChI is InChI=1S/C55H46.C2H6/c1-6-37(33-54(55(3,4)5)36(2)38-16-8-7-9-17-38)43-28-29-48-51(32-43)50(45-27-25-40-19-11-13-21-42(40)31-45)35-52-47-23-15-14-22-46(47)49(34-53(48)52)44-26-24-39-18-10-12-20-41(39)30-44;1-2/h6-36H,1-5H3;1-2H3/b37-6+,54-33+;. The molecule has 0 aliphatic carbocycles. The van der Waals surface area contributed by atoms with Gasteiger partial charge in [-0.3, -0.25) is 0 Å². The van der Waals surface area contributed by atoms with Crippen molar-refractivity contribution in [2.24, 2.45) is 5.41 Å². The molecule has 9 aromatic carbocycles. The van der Waals surface area contributed by atoms with Gasteiger partial charge in [0, 0.05) is 5.92 Å². The van der Waals surface area contributed by atoms with E-state index in [1.165, 1.54) is 98.4 Å². The zero-order chi connectivity index (χ0) is 39.7. The summed E-state index contributed by atoms with van der Waals surface area (Å²) in [6, 6.07) is 63.1. The van der Waals surface area contributed by atoms with Gasteiger partial charge in [0.05, 0.1) is 0 Å². The van der Waals surface area contributed by atoms with Gasteiger partial charge in [0.2, 0.25) is 0 Å². The van der Waals surface area contributed by atoms with E-state index in [4.69, 9.17) is 0 Å². The van der Waals surface area contributed by atoms with Crippen molar-refractivity contribution in [3.63, 3.8) is 0 Å². The molecule has 0 saturated heterocycles. The molecule has 0 radical (unpaired) electrons. The molecule has 57 heavy (non-hydrogen) atoms. The Balaban J connectivity index is 0.00000224. The summed E-state index contributed by atoms with van der Waals surface area (Å²) in [7, 11) is 0. The van der Waals surface area contributed by atoms with E-state index >= 15 is 0 Å². The summed E-state index contributed by atoms with van der Waals surface area (Å²) in [5, 5.41) is 12.7. The predicted molar refractivity (Wildman–Crippen MR) is 252 cm³/mol. The fourth-order valence-electron chi connectivity index (χ4n) is 8.78. The molecule has 0 aliphatic heterocycles. The van der Waals surface area contributed by atoms with E-state index in [1.54, 1.807) is 0 Å². The van der Waals surface area contributed by atoms with Crippen molar-refractivity contribution in [2.75, 3.05) is 0 Å². The highest BCUT2D eigenvalue weighted by Crippen LogP contribution is 2.44. The molecule has 0 aliphatic rings. The molecule has 0 bridgehead atoms. The molecule has 0 nitrogen and oxygen atoms in total. The molecule has 1 unspecified atom stereocenters. The van der Waals surface area contributed by atoms with Crippen LogP contribution in [0.15, 0.2) is 188 Å². The summed E-state index contributed by atoms with van der Waals surface area (Å²) in [6.45, 7) is 15.5. The third kappa shape index (κ3) is 7.18. The molecule has 0 amide bonds. The maximum Gasteiger partial charge on any atom is 0.00284 e. The number of fused-ring (bicyclic) bond motifs is 7. The molecule has 0 spiro atoms. The Kier molecular flexibility index (Phi) is 10.4. The van der Waals surface area contributed by atoms with Crippen molar-refractivity contribution < 1.29 is 0 Å². The number of hydrogen-bond donors (Lipinski definition) is 0. The molecule has 9 aromatic rings. The van der Waals surface area contributed by atoms with Gasteiger partial charge in [-0.15, -0.1) is 0 Å². The number of allylic oxidation sites excluding steroid dienone is 4. The quantitative estimate of drug-likeness (QED) is 0.118. The first-order valence-electron chi connectivity index (χ1n) is 20.6. The SMILES string of the molecule is C/C=C(\C=C(/C(C)c1ccccc1)C(C)(C)C)c1ccc2c(c1)c(-c1ccc3ccccc3c1)cc1c3ccccc3c(-c3ccc4ccccc4c3)cc21.CC. The average molecular weight is 737 g/mol. The van der Waals surface area contributed by atoms with Gasteiger partial charge in [0.1, 0.15) is 0 Å². The summed E-state index contributed by atoms with van der Waals surface area (Å²) in [6.07, 6.45) is 4.74. The first kappa shape index (κ1) is 37.7. The fourth-order valence-corrected chi connectivity index (χ4v) is 8.78. The Labute approximate surface area is 338 Å². The van der Waals surface area contributed by atoms with Gasteiger partial charge in [0.15, 0.2) is 0 Å². The van der Waals surface area contributed by atoms with Crippen molar-refractivity contribution in [2.45, 2.75) is 54.4 Å². The third-order valence-corrected chi connectivity index (χ3v) is 11.7. The predicted octanol–water partition coefficient (Wildman–Crippen LogP) is 17.0. The van der Waals surface area contributed by atoms with Gasteiger partial charge in [-0.05, 0) is 135 Å². The van der Waals surface area contributed by atoms with Crippen LogP contribution in [0.4, 0.5) is 0 Å². The first-order chi connectivity index (χ1) is 27.8. The summed E-state index contributed by atoms with van der Waals surface area (Å²) < 4.78 is 0. The lowest BCUT2D eigenvalue weighted by atomic mass is 9.75. The molecule has 9 rings (SSSR count). The minimum atomic E-state index is -0.00690. The van der Waals surface area contributed by atoms with Crippen LogP contribution in [-0.4, -0.2) is 0 Å². The molecular formula is C57H52. The van der Waals surface area contributed by atoms with Crippen LogP contribution in [-0.2, 0) is 0 Å². The van der Waals surface area contributed by atoms with Crippen molar-refractivity contribution >= 4 is 59.4 Å². The van der Waals surface area contributed by atoms with Crippen LogP contribution < -0.4 is 0 Å². The zero-order valence-corrected chi connectivity index (χ0v) is 34.4. The van der Waals surface area contributed by atoms with E-state index in [1.807, 2.05) is 13.8 Å². The molecule has 0 aromatic heterocycles. The fraction of sp³-hybridized carbons (Fsp3) is 0.158. The highest BCUT2D eigenvalue weighted by molar-refractivity contribution is 6.24. The van der Waals surface area contributed by atoms with Crippen molar-refractivity contribution in [3.05, 3.63) is 199 Å². The monoisotopic (exact) mass is 736 g/mol. The Morgan fingerprint density at radius 1 is 0.456 bits per heavy atom. The summed E-state index contributed by atoms with van der Waals surface area (Å²) in [5.41, 5.74) is 10.2. The molecule has 1 atom stereocenters. The Morgan fingerprint density at radius 3 is 1.51 bits per heavy atom. The second-order valence-corrected chi connectivity index (χ2v) is 16.1. The topological polar surface area (TPSA) is 0 Å². The highest BCUT2D eigenvalue weighted by Gasteiger charge is 2.24. The molecule has 0 saturated carbocycles. The maximum atomic E-state index is 2.46. The molecule has 0 N–H and O–H groups in total. The summed E-state index contributed by atoms with van der Waals surface area (Å²) in [4.78, 5) is 0. The van der Waals surface area contributed by atoms with Crippen LogP contribution in [0.1, 0.15) is 65.5 Å². The van der Waals surface area contributed by atoms with E-state index in [0.717, 1.165) is 0 Å².